The largest absolute Gasteiger partial charge is 0.460 e. The summed E-state index contributed by atoms with van der Waals surface area (Å²) in [5.41, 5.74) is 0.571. The first-order valence-electron chi connectivity index (χ1n) is 5.22. The molecule has 0 radical (unpaired) electrons. The molecule has 4 nitrogen and oxygen atoms in total. The van der Waals surface area contributed by atoms with Crippen molar-refractivity contribution in [2.75, 3.05) is 18.5 Å². The van der Waals surface area contributed by atoms with Crippen molar-refractivity contribution in [3.63, 3.8) is 0 Å². The van der Waals surface area contributed by atoms with Gasteiger partial charge >= 0.3 is 5.97 Å². The van der Waals surface area contributed by atoms with Crippen molar-refractivity contribution < 1.29 is 9.53 Å². The molecule has 0 unspecified atom stereocenters. The van der Waals surface area contributed by atoms with Gasteiger partial charge in [0.1, 0.15) is 6.61 Å². The van der Waals surface area contributed by atoms with Gasteiger partial charge in [-0.05, 0) is 12.1 Å². The average molecular weight is 285 g/mol. The first-order chi connectivity index (χ1) is 8.36. The summed E-state index contributed by atoms with van der Waals surface area (Å²) in [5.74, 6) is -0.300. The molecule has 96 valence electrons. The number of rotatable bonds is 5. The van der Waals surface area contributed by atoms with Crippen LogP contribution in [0.2, 0.25) is 0 Å². The van der Waals surface area contributed by atoms with Gasteiger partial charge in [-0.1, -0.05) is 18.2 Å². The first kappa shape index (κ1) is 14.5. The number of benzene rings is 1. The molecule has 18 heavy (non-hydrogen) atoms. The summed E-state index contributed by atoms with van der Waals surface area (Å²) in [5, 5.41) is 5.78. The molecule has 6 heteroatoms. The Bertz CT molecular complexity index is 462. The number of anilines is 1. The van der Waals surface area contributed by atoms with Gasteiger partial charge < -0.3 is 10.1 Å². The minimum Gasteiger partial charge on any atom is -0.460 e. The molecule has 2 aromatic rings. The highest BCUT2D eigenvalue weighted by Gasteiger charge is 2.04. The van der Waals surface area contributed by atoms with Crippen LogP contribution in [0.1, 0.15) is 10.4 Å². The Morgan fingerprint density at radius 2 is 2.11 bits per heavy atom. The summed E-state index contributed by atoms with van der Waals surface area (Å²) in [6.07, 6.45) is 1.73. The average Bonchev–Trinajstić information content (AvgIpc) is 2.88. The number of carbonyl (C=O) groups is 1. The van der Waals surface area contributed by atoms with Crippen LogP contribution in [0.25, 0.3) is 0 Å². The topological polar surface area (TPSA) is 51.2 Å². The number of thiazole rings is 1. The molecule has 1 N–H and O–H groups in total. The van der Waals surface area contributed by atoms with Crippen LogP contribution in [0.3, 0.4) is 0 Å². The maximum absolute atomic E-state index is 11.5. The maximum Gasteiger partial charge on any atom is 0.338 e. The van der Waals surface area contributed by atoms with Crippen molar-refractivity contribution in [2.45, 2.75) is 0 Å². The minimum atomic E-state index is -0.300. The van der Waals surface area contributed by atoms with E-state index < -0.39 is 0 Å². The first-order valence-corrected chi connectivity index (χ1v) is 6.10. The Balaban J connectivity index is 0.00000162. The summed E-state index contributed by atoms with van der Waals surface area (Å²) in [7, 11) is 0. The smallest absolute Gasteiger partial charge is 0.338 e. The number of esters is 1. The quantitative estimate of drug-likeness (QED) is 0.678. The van der Waals surface area contributed by atoms with Crippen LogP contribution in [-0.4, -0.2) is 24.1 Å². The molecule has 0 bridgehead atoms. The van der Waals surface area contributed by atoms with E-state index in [0.29, 0.717) is 18.7 Å². The zero-order chi connectivity index (χ0) is 11.9. The summed E-state index contributed by atoms with van der Waals surface area (Å²) < 4.78 is 5.10. The minimum absolute atomic E-state index is 0. The van der Waals surface area contributed by atoms with E-state index in [1.54, 1.807) is 18.3 Å². The normalized spacial score (nSPS) is 9.33. The van der Waals surface area contributed by atoms with Crippen molar-refractivity contribution in [1.82, 2.24) is 4.98 Å². The van der Waals surface area contributed by atoms with Crippen LogP contribution in [0.4, 0.5) is 5.13 Å². The maximum atomic E-state index is 11.5. The number of ether oxygens (including phenoxy) is 1. The lowest BCUT2D eigenvalue weighted by atomic mass is 10.2. The van der Waals surface area contributed by atoms with Crippen LogP contribution >= 0.6 is 23.7 Å². The third kappa shape index (κ3) is 4.35. The van der Waals surface area contributed by atoms with Gasteiger partial charge in [0.25, 0.3) is 0 Å². The van der Waals surface area contributed by atoms with Crippen molar-refractivity contribution in [3.8, 4) is 0 Å². The van der Waals surface area contributed by atoms with E-state index in [4.69, 9.17) is 4.74 Å². The number of halogens is 1. The molecule has 2 rings (SSSR count). The molecule has 1 heterocycles. The highest BCUT2D eigenvalue weighted by molar-refractivity contribution is 7.13. The second-order valence-electron chi connectivity index (χ2n) is 3.27. The Morgan fingerprint density at radius 3 is 2.78 bits per heavy atom. The molecule has 0 saturated carbocycles. The van der Waals surface area contributed by atoms with Crippen molar-refractivity contribution in [2.24, 2.45) is 0 Å². The van der Waals surface area contributed by atoms with Gasteiger partial charge in [-0.25, -0.2) is 9.78 Å². The number of nitrogens with zero attached hydrogens (tertiary/aromatic N) is 1. The number of aromatic nitrogens is 1. The number of hydrogen-bond acceptors (Lipinski definition) is 5. The van der Waals surface area contributed by atoms with E-state index in [-0.39, 0.29) is 18.4 Å². The lowest BCUT2D eigenvalue weighted by Gasteiger charge is -2.05. The van der Waals surface area contributed by atoms with Gasteiger partial charge in [-0.2, -0.15) is 0 Å². The van der Waals surface area contributed by atoms with Gasteiger partial charge in [0.2, 0.25) is 0 Å². The Hall–Kier alpha value is -1.59. The van der Waals surface area contributed by atoms with Gasteiger partial charge in [0, 0.05) is 11.6 Å². The zero-order valence-electron chi connectivity index (χ0n) is 9.54. The van der Waals surface area contributed by atoms with Crippen molar-refractivity contribution in [3.05, 3.63) is 47.5 Å². The molecule has 0 aliphatic carbocycles. The molecule has 0 fully saturated rings. The van der Waals surface area contributed by atoms with Gasteiger partial charge in [-0.3, -0.25) is 0 Å². The molecule has 0 spiro atoms. The molecule has 1 aromatic carbocycles. The third-order valence-corrected chi connectivity index (χ3v) is 2.78. The van der Waals surface area contributed by atoms with Crippen LogP contribution < -0.4 is 5.32 Å². The highest BCUT2D eigenvalue weighted by Crippen LogP contribution is 2.09. The molecular formula is C12H13ClN2O2S. The summed E-state index contributed by atoms with van der Waals surface area (Å²) in [6, 6.07) is 8.95. The van der Waals surface area contributed by atoms with Gasteiger partial charge in [0.05, 0.1) is 12.1 Å². The van der Waals surface area contributed by atoms with Gasteiger partial charge in [-0.15, -0.1) is 23.7 Å². The van der Waals surface area contributed by atoms with Crippen molar-refractivity contribution in [1.29, 1.82) is 0 Å². The standard InChI is InChI=1S/C12H12N2O2S.ClH/c15-11(10-4-2-1-3-5-10)16-8-6-13-12-14-7-9-17-12;/h1-5,7,9H,6,8H2,(H,13,14);1H. The predicted molar refractivity (Wildman–Crippen MR) is 74.6 cm³/mol. The van der Waals surface area contributed by atoms with E-state index in [1.807, 2.05) is 23.6 Å². The number of hydrogen-bond donors (Lipinski definition) is 1. The highest BCUT2D eigenvalue weighted by atomic mass is 35.5. The molecule has 1 aromatic heterocycles. The monoisotopic (exact) mass is 284 g/mol. The van der Waals surface area contributed by atoms with Crippen LogP contribution in [0, 0.1) is 0 Å². The Labute approximate surface area is 115 Å². The number of carbonyl (C=O) groups excluding carboxylic acids is 1. The molecule has 0 aliphatic heterocycles. The molecular weight excluding hydrogens is 272 g/mol. The fourth-order valence-corrected chi connectivity index (χ4v) is 1.83. The fourth-order valence-electron chi connectivity index (χ4n) is 1.27. The molecule has 0 saturated heterocycles. The summed E-state index contributed by atoms with van der Waals surface area (Å²) >= 11 is 1.52. The summed E-state index contributed by atoms with van der Waals surface area (Å²) in [6.45, 7) is 0.888. The van der Waals surface area contributed by atoms with E-state index in [2.05, 4.69) is 10.3 Å². The predicted octanol–water partition coefficient (Wildman–Crippen LogP) is 2.83. The fraction of sp³-hybridized carbons (Fsp3) is 0.167. The third-order valence-electron chi connectivity index (χ3n) is 2.05. The van der Waals surface area contributed by atoms with Crippen LogP contribution in [-0.2, 0) is 4.74 Å². The van der Waals surface area contributed by atoms with Crippen molar-refractivity contribution >= 4 is 34.8 Å². The van der Waals surface area contributed by atoms with Crippen LogP contribution in [0.5, 0.6) is 0 Å². The molecule has 0 aliphatic rings. The van der Waals surface area contributed by atoms with E-state index in [0.717, 1.165) is 5.13 Å². The number of nitrogens with one attached hydrogen (secondary N) is 1. The zero-order valence-corrected chi connectivity index (χ0v) is 11.2. The van der Waals surface area contributed by atoms with E-state index >= 15 is 0 Å². The molecule has 0 amide bonds. The molecule has 0 atom stereocenters. The Morgan fingerprint density at radius 1 is 1.33 bits per heavy atom. The second kappa shape index (κ2) is 7.68. The van der Waals surface area contributed by atoms with E-state index in [9.17, 15) is 4.79 Å². The lowest BCUT2D eigenvalue weighted by molar-refractivity contribution is 0.0520. The van der Waals surface area contributed by atoms with Gasteiger partial charge in [0.15, 0.2) is 5.13 Å². The summed E-state index contributed by atoms with van der Waals surface area (Å²) in [4.78, 5) is 15.6. The lowest BCUT2D eigenvalue weighted by Crippen LogP contribution is -2.13. The van der Waals surface area contributed by atoms with Crippen LogP contribution in [0.15, 0.2) is 41.9 Å². The SMILES string of the molecule is Cl.O=C(OCCNc1nccs1)c1ccccc1. The Kier molecular flexibility index (Phi) is 6.18. The van der Waals surface area contributed by atoms with E-state index in [1.165, 1.54) is 11.3 Å². The second-order valence-corrected chi connectivity index (χ2v) is 4.16.